The first-order chi connectivity index (χ1) is 16.6. The minimum absolute atomic E-state index is 0.0463. The molecule has 0 unspecified atom stereocenters. The van der Waals surface area contributed by atoms with Crippen LogP contribution in [-0.4, -0.2) is 50.6 Å². The normalized spacial score (nSPS) is 18.5. The van der Waals surface area contributed by atoms with Crippen LogP contribution < -0.4 is 5.73 Å². The van der Waals surface area contributed by atoms with E-state index in [-0.39, 0.29) is 30.2 Å². The highest BCUT2D eigenvalue weighted by atomic mass is 19.4. The topological polar surface area (TPSA) is 111 Å². The number of carbonyl (C=O) groups is 2. The summed E-state index contributed by atoms with van der Waals surface area (Å²) >= 11 is 0. The van der Waals surface area contributed by atoms with Gasteiger partial charge in [-0.1, -0.05) is 19.9 Å². The molecule has 2 atom stereocenters. The molecule has 2 aromatic heterocycles. The summed E-state index contributed by atoms with van der Waals surface area (Å²) in [6, 6.07) is 3.86. The molecule has 2 aromatic rings. The Morgan fingerprint density at radius 1 is 1.29 bits per heavy atom. The fraction of sp³-hybridized carbons (Fsp3) is 0.542. The van der Waals surface area contributed by atoms with Gasteiger partial charge in [0.15, 0.2) is 0 Å². The lowest BCUT2D eigenvalue weighted by molar-refractivity contribution is -0.141. The molecule has 0 spiro atoms. The van der Waals surface area contributed by atoms with Crippen LogP contribution in [0.15, 0.2) is 24.4 Å². The van der Waals surface area contributed by atoms with Crippen molar-refractivity contribution in [3.63, 3.8) is 0 Å². The second-order valence-corrected chi connectivity index (χ2v) is 8.59. The van der Waals surface area contributed by atoms with Gasteiger partial charge in [0.2, 0.25) is 0 Å². The van der Waals surface area contributed by atoms with Gasteiger partial charge in [0.25, 0.3) is 5.91 Å². The van der Waals surface area contributed by atoms with Crippen molar-refractivity contribution in [1.29, 1.82) is 0 Å². The fourth-order valence-corrected chi connectivity index (χ4v) is 4.39. The van der Waals surface area contributed by atoms with Crippen LogP contribution in [0.25, 0.3) is 0 Å². The summed E-state index contributed by atoms with van der Waals surface area (Å²) in [6.07, 6.45) is 0.463. The number of carboxylic acid groups (broad SMARTS) is 1. The molecular formula is C24H31F3N4O4. The number of hydrogen-bond acceptors (Lipinski definition) is 5. The van der Waals surface area contributed by atoms with Crippen molar-refractivity contribution < 1.29 is 32.6 Å². The highest BCUT2D eigenvalue weighted by Crippen LogP contribution is 2.28. The minimum Gasteiger partial charge on any atom is -0.478 e. The van der Waals surface area contributed by atoms with Gasteiger partial charge in [-0.3, -0.25) is 9.78 Å². The maximum atomic E-state index is 12.8. The first-order valence-electron chi connectivity index (χ1n) is 11.7. The number of alkyl halides is 3. The summed E-state index contributed by atoms with van der Waals surface area (Å²) in [4.78, 5) is 29.4. The van der Waals surface area contributed by atoms with E-state index < -0.39 is 17.8 Å². The van der Waals surface area contributed by atoms with E-state index in [0.29, 0.717) is 36.5 Å². The van der Waals surface area contributed by atoms with Crippen LogP contribution in [0.5, 0.6) is 0 Å². The highest BCUT2D eigenvalue weighted by molar-refractivity contribution is 5.98. The van der Waals surface area contributed by atoms with Crippen LogP contribution >= 0.6 is 0 Å². The Hall–Kier alpha value is -2.92. The summed E-state index contributed by atoms with van der Waals surface area (Å²) in [5.41, 5.74) is 6.65. The average Bonchev–Trinajstić information content (AvgIpc) is 3.48. The van der Waals surface area contributed by atoms with Gasteiger partial charge in [0.1, 0.15) is 11.4 Å². The largest absolute Gasteiger partial charge is 0.478 e. The van der Waals surface area contributed by atoms with Gasteiger partial charge in [-0.05, 0) is 43.4 Å². The number of halogens is 3. The average molecular weight is 497 g/mol. The summed E-state index contributed by atoms with van der Waals surface area (Å²) in [5, 5.41) is 9.31. The molecule has 4 rings (SSSR count). The molecule has 0 radical (unpaired) electrons. The lowest BCUT2D eigenvalue weighted by Gasteiger charge is -2.25. The van der Waals surface area contributed by atoms with Crippen LogP contribution in [-0.2, 0) is 24.1 Å². The molecular weight excluding hydrogens is 465 g/mol. The SMILES string of the molecule is CC[C@@H](N)c1ccc(C(F)(F)F)nc1.CC[C@H]1CCCN1C(=O)c1cc(C(=O)O)c2n1CCOC2. The molecule has 11 heteroatoms. The van der Waals surface area contributed by atoms with Gasteiger partial charge in [0.05, 0.1) is 24.5 Å². The van der Waals surface area contributed by atoms with E-state index in [1.54, 1.807) is 0 Å². The third-order valence-electron chi connectivity index (χ3n) is 6.41. The zero-order valence-electron chi connectivity index (χ0n) is 19.8. The first kappa shape index (κ1) is 26.7. The number of carboxylic acids is 1. The van der Waals surface area contributed by atoms with E-state index in [1.807, 2.05) is 16.4 Å². The predicted molar refractivity (Wildman–Crippen MR) is 122 cm³/mol. The maximum Gasteiger partial charge on any atom is 0.433 e. The highest BCUT2D eigenvalue weighted by Gasteiger charge is 2.33. The van der Waals surface area contributed by atoms with Gasteiger partial charge in [-0.2, -0.15) is 13.2 Å². The molecule has 0 saturated carbocycles. The number of likely N-dealkylation sites (tertiary alicyclic amines) is 1. The number of hydrogen-bond donors (Lipinski definition) is 2. The number of nitrogens with zero attached hydrogens (tertiary/aromatic N) is 3. The number of amides is 1. The molecule has 192 valence electrons. The molecule has 8 nitrogen and oxygen atoms in total. The van der Waals surface area contributed by atoms with Gasteiger partial charge in [-0.15, -0.1) is 0 Å². The second kappa shape index (κ2) is 11.2. The number of rotatable bonds is 5. The summed E-state index contributed by atoms with van der Waals surface area (Å²) in [7, 11) is 0. The van der Waals surface area contributed by atoms with Gasteiger partial charge < -0.3 is 25.0 Å². The van der Waals surface area contributed by atoms with E-state index in [0.717, 1.165) is 31.9 Å². The molecule has 2 aliphatic rings. The Labute approximate surface area is 201 Å². The molecule has 0 aromatic carbocycles. The minimum atomic E-state index is -4.38. The summed E-state index contributed by atoms with van der Waals surface area (Å²) in [6.45, 7) is 6.01. The third kappa shape index (κ3) is 6.02. The van der Waals surface area contributed by atoms with Crippen LogP contribution in [0.2, 0.25) is 0 Å². The van der Waals surface area contributed by atoms with Gasteiger partial charge >= 0.3 is 12.1 Å². The predicted octanol–water partition coefficient (Wildman–Crippen LogP) is 4.24. The van der Waals surface area contributed by atoms with E-state index in [2.05, 4.69) is 11.9 Å². The Morgan fingerprint density at radius 2 is 2.03 bits per heavy atom. The van der Waals surface area contributed by atoms with Crippen LogP contribution in [0, 0.1) is 0 Å². The number of pyridine rings is 1. The van der Waals surface area contributed by atoms with Crippen LogP contribution in [0.3, 0.4) is 0 Å². The monoisotopic (exact) mass is 496 g/mol. The molecule has 35 heavy (non-hydrogen) atoms. The molecule has 1 saturated heterocycles. The number of aromatic carboxylic acids is 1. The Kier molecular flexibility index (Phi) is 8.55. The van der Waals surface area contributed by atoms with Gasteiger partial charge in [0, 0.05) is 31.4 Å². The third-order valence-corrected chi connectivity index (χ3v) is 6.41. The van der Waals surface area contributed by atoms with Gasteiger partial charge in [-0.25, -0.2) is 4.79 Å². The van der Waals surface area contributed by atoms with Crippen molar-refractivity contribution in [1.82, 2.24) is 14.5 Å². The van der Waals surface area contributed by atoms with Crippen LogP contribution in [0.1, 0.15) is 83.4 Å². The molecule has 1 fully saturated rings. The molecule has 0 bridgehead atoms. The van der Waals surface area contributed by atoms with Crippen molar-refractivity contribution in [3.05, 3.63) is 52.6 Å². The smallest absolute Gasteiger partial charge is 0.433 e. The van der Waals surface area contributed by atoms with Crippen molar-refractivity contribution in [2.45, 2.75) is 70.9 Å². The van der Waals surface area contributed by atoms with E-state index in [1.165, 1.54) is 18.3 Å². The first-order valence-corrected chi connectivity index (χ1v) is 11.7. The zero-order valence-corrected chi connectivity index (χ0v) is 19.8. The van der Waals surface area contributed by atoms with Crippen molar-refractivity contribution >= 4 is 11.9 Å². The molecule has 2 aliphatic heterocycles. The van der Waals surface area contributed by atoms with E-state index >= 15 is 0 Å². The Balaban J connectivity index is 0.000000214. The number of carbonyl (C=O) groups excluding carboxylic acids is 1. The quantitative estimate of drug-likeness (QED) is 0.641. The van der Waals surface area contributed by atoms with E-state index in [4.69, 9.17) is 10.5 Å². The van der Waals surface area contributed by atoms with Crippen molar-refractivity contribution in [2.75, 3.05) is 13.2 Å². The molecule has 3 N–H and O–H groups in total. The number of nitrogens with two attached hydrogens (primary N) is 1. The maximum absolute atomic E-state index is 12.8. The van der Waals surface area contributed by atoms with Crippen molar-refractivity contribution in [3.8, 4) is 0 Å². The summed E-state index contributed by atoms with van der Waals surface area (Å²) < 4.78 is 43.5. The number of aromatic nitrogens is 2. The second-order valence-electron chi connectivity index (χ2n) is 8.59. The van der Waals surface area contributed by atoms with Crippen LogP contribution in [0.4, 0.5) is 13.2 Å². The standard InChI is InChI=1S/C15H20N2O4.C9H11F3N2/c1-2-10-4-3-5-16(10)14(18)12-8-11(15(19)20)13-9-21-7-6-17(12)13;1-2-7(13)6-3-4-8(14-5-6)9(10,11)12/h8,10H,2-7,9H2,1H3,(H,19,20);3-5,7H,2,13H2,1H3/t10-;7-/m01/s1. The molecule has 4 heterocycles. The van der Waals surface area contributed by atoms with E-state index in [9.17, 15) is 27.9 Å². The number of ether oxygens (including phenoxy) is 1. The zero-order chi connectivity index (χ0) is 25.8. The molecule has 0 aliphatic carbocycles. The summed E-state index contributed by atoms with van der Waals surface area (Å²) in [5.74, 6) is -1.05. The Morgan fingerprint density at radius 3 is 2.60 bits per heavy atom. The van der Waals surface area contributed by atoms with Crippen molar-refractivity contribution in [2.24, 2.45) is 5.73 Å². The number of fused-ring (bicyclic) bond motifs is 1. The Bertz CT molecular complexity index is 1040. The fourth-order valence-electron chi connectivity index (χ4n) is 4.39. The lowest BCUT2D eigenvalue weighted by Crippen LogP contribution is -2.37. The lowest BCUT2D eigenvalue weighted by atomic mass is 10.1. The molecule has 1 amide bonds.